The summed E-state index contributed by atoms with van der Waals surface area (Å²) in [6.45, 7) is 7.85. The van der Waals surface area contributed by atoms with E-state index in [9.17, 15) is 18.4 Å². The van der Waals surface area contributed by atoms with Gasteiger partial charge in [0.25, 0.3) is 0 Å². The summed E-state index contributed by atoms with van der Waals surface area (Å²) < 4.78 is 40.0. The van der Waals surface area contributed by atoms with Crippen molar-refractivity contribution in [3.05, 3.63) is 0 Å². The number of esters is 2. The first-order valence-corrected chi connectivity index (χ1v) is 18.6. The van der Waals surface area contributed by atoms with E-state index in [0.717, 1.165) is 74.0 Å². The van der Waals surface area contributed by atoms with Gasteiger partial charge in [-0.3, -0.25) is 0 Å². The molecule has 0 N–H and O–H groups in total. The molecule has 0 aliphatic heterocycles. The minimum Gasteiger partial charge on any atom is -0.463 e. The number of hydrogen-bond donors (Lipinski definition) is 0. The van der Waals surface area contributed by atoms with Crippen molar-refractivity contribution in [1.29, 1.82) is 0 Å². The van der Waals surface area contributed by atoms with E-state index < -0.39 is 23.3 Å². The Bertz CT molecular complexity index is 917. The lowest BCUT2D eigenvalue weighted by Gasteiger charge is -2.56. The molecule has 0 aromatic heterocycles. The van der Waals surface area contributed by atoms with Crippen LogP contribution in [0.4, 0.5) is 8.78 Å². The molecule has 0 heterocycles. The van der Waals surface area contributed by atoms with E-state index >= 15 is 0 Å². The quantitative estimate of drug-likeness (QED) is 0.143. The molecule has 8 saturated carbocycles. The van der Waals surface area contributed by atoms with Gasteiger partial charge >= 0.3 is 11.9 Å². The predicted octanol–water partition coefficient (Wildman–Crippen LogP) is 10.1. The van der Waals surface area contributed by atoms with Gasteiger partial charge in [-0.15, -0.1) is 0 Å². The lowest BCUT2D eigenvalue weighted by molar-refractivity contribution is -0.168. The fraction of sp³-hybridized carbons (Fsp3) is 0.947. The molecule has 44 heavy (non-hydrogen) atoms. The second kappa shape index (κ2) is 13.9. The number of carbonyl (C=O) groups excluding carboxylic acids is 2. The summed E-state index contributed by atoms with van der Waals surface area (Å²) in [5.41, 5.74) is -3.25. The number of hydrogen-bond acceptors (Lipinski definition) is 4. The van der Waals surface area contributed by atoms with Gasteiger partial charge in [0.15, 0.2) is 0 Å². The van der Waals surface area contributed by atoms with Crippen molar-refractivity contribution in [2.45, 2.75) is 167 Å². The summed E-state index contributed by atoms with van der Waals surface area (Å²) >= 11 is 0. The van der Waals surface area contributed by atoms with E-state index in [4.69, 9.17) is 9.47 Å². The molecule has 0 radical (unpaired) electrons. The summed E-state index contributed by atoms with van der Waals surface area (Å²) in [5.74, 6) is 3.78. The van der Waals surface area contributed by atoms with Gasteiger partial charge in [-0.1, -0.05) is 39.5 Å². The fourth-order valence-corrected chi connectivity index (χ4v) is 11.3. The van der Waals surface area contributed by atoms with Crippen molar-refractivity contribution < 1.29 is 27.8 Å². The molecule has 8 bridgehead atoms. The Morgan fingerprint density at radius 1 is 0.568 bits per heavy atom. The molecule has 0 saturated heterocycles. The summed E-state index contributed by atoms with van der Waals surface area (Å²) in [5, 5.41) is 0. The lowest BCUT2D eigenvalue weighted by Crippen LogP contribution is -2.49. The van der Waals surface area contributed by atoms with E-state index in [2.05, 4.69) is 6.92 Å². The van der Waals surface area contributed by atoms with Crippen LogP contribution in [0.1, 0.15) is 156 Å². The molecule has 2 unspecified atom stereocenters. The topological polar surface area (TPSA) is 52.6 Å². The number of carbonyl (C=O) groups is 2. The number of unbranched alkanes of at least 4 members (excludes halogenated alkanes) is 4. The number of rotatable bonds is 14. The maximum atomic E-state index is 14.6. The monoisotopic (exact) mass is 620 g/mol. The maximum Gasteiger partial charge on any atom is 0.343 e. The fourth-order valence-electron chi connectivity index (χ4n) is 11.3. The molecule has 8 fully saturated rings. The average Bonchev–Trinajstić information content (AvgIpc) is 2.95. The summed E-state index contributed by atoms with van der Waals surface area (Å²) in [6.07, 6.45) is 21.7. The van der Waals surface area contributed by atoms with Gasteiger partial charge in [-0.2, -0.15) is 0 Å². The first-order chi connectivity index (χ1) is 20.8. The van der Waals surface area contributed by atoms with Crippen LogP contribution in [-0.2, 0) is 19.1 Å². The zero-order chi connectivity index (χ0) is 31.6. The zero-order valence-corrected chi connectivity index (χ0v) is 28.4. The standard InChI is InChI=1S/C20H33FO2.C18H29FO2/c1-3-4-5-6-7-19(2,21)18(22)23-14-20-11-15-8-16(12-20)10-17(9-15)13-20;1-3-4-5-17(2,19)16(20)21-12-18-9-13-6-14(10-18)8-15(7-13)11-18/h15-17H,3-14H2,1-2H3;13-15H,3-12H2,1-2H3. The number of ether oxygens (including phenoxy) is 2. The van der Waals surface area contributed by atoms with Crippen LogP contribution < -0.4 is 0 Å². The van der Waals surface area contributed by atoms with Gasteiger partial charge in [0.2, 0.25) is 11.3 Å². The molecule has 8 aliphatic rings. The average molecular weight is 621 g/mol. The highest BCUT2D eigenvalue weighted by atomic mass is 19.1. The van der Waals surface area contributed by atoms with Crippen LogP contribution in [0.3, 0.4) is 0 Å². The van der Waals surface area contributed by atoms with E-state index in [1.54, 1.807) is 0 Å². The highest BCUT2D eigenvalue weighted by Crippen LogP contribution is 2.61. The van der Waals surface area contributed by atoms with E-state index in [1.165, 1.54) is 90.9 Å². The third-order valence-corrected chi connectivity index (χ3v) is 12.7. The molecule has 6 heteroatoms. The van der Waals surface area contributed by atoms with Crippen LogP contribution >= 0.6 is 0 Å². The van der Waals surface area contributed by atoms with Crippen molar-refractivity contribution in [1.82, 2.24) is 0 Å². The predicted molar refractivity (Wildman–Crippen MR) is 170 cm³/mol. The van der Waals surface area contributed by atoms with Gasteiger partial charge in [0, 0.05) is 10.8 Å². The molecule has 4 nitrogen and oxygen atoms in total. The first-order valence-electron chi connectivity index (χ1n) is 18.6. The largest absolute Gasteiger partial charge is 0.463 e. The smallest absolute Gasteiger partial charge is 0.343 e. The third kappa shape index (κ3) is 8.20. The Morgan fingerprint density at radius 3 is 1.20 bits per heavy atom. The first kappa shape index (κ1) is 34.1. The number of alkyl halides is 2. The lowest BCUT2D eigenvalue weighted by atomic mass is 9.50. The summed E-state index contributed by atoms with van der Waals surface area (Å²) in [7, 11) is 0. The molecule has 2 atom stereocenters. The highest BCUT2D eigenvalue weighted by Gasteiger charge is 2.53. The van der Waals surface area contributed by atoms with Gasteiger partial charge in [-0.25, -0.2) is 18.4 Å². The van der Waals surface area contributed by atoms with Gasteiger partial charge < -0.3 is 9.47 Å². The maximum absolute atomic E-state index is 14.6. The number of halogens is 2. The molecule has 8 aliphatic carbocycles. The normalized spacial score (nSPS) is 38.8. The molecular formula is C38H62F2O4. The van der Waals surface area contributed by atoms with Crippen molar-refractivity contribution >= 4 is 11.9 Å². The van der Waals surface area contributed by atoms with Crippen LogP contribution in [0.2, 0.25) is 0 Å². The summed E-state index contributed by atoms with van der Waals surface area (Å²) in [6, 6.07) is 0. The summed E-state index contributed by atoms with van der Waals surface area (Å²) in [4.78, 5) is 24.3. The molecular weight excluding hydrogens is 558 g/mol. The Hall–Kier alpha value is -1.20. The second-order valence-corrected chi connectivity index (χ2v) is 17.3. The Kier molecular flexibility index (Phi) is 10.8. The van der Waals surface area contributed by atoms with E-state index in [0.29, 0.717) is 19.6 Å². The van der Waals surface area contributed by atoms with Gasteiger partial charge in [0.1, 0.15) is 0 Å². The molecule has 0 aromatic rings. The highest BCUT2D eigenvalue weighted by molar-refractivity contribution is 5.79. The van der Waals surface area contributed by atoms with Crippen LogP contribution in [-0.4, -0.2) is 36.5 Å². The van der Waals surface area contributed by atoms with Crippen LogP contribution in [0, 0.1) is 46.3 Å². The van der Waals surface area contributed by atoms with Crippen molar-refractivity contribution in [3.8, 4) is 0 Å². The van der Waals surface area contributed by atoms with E-state index in [1.807, 2.05) is 6.92 Å². The third-order valence-electron chi connectivity index (χ3n) is 12.7. The second-order valence-electron chi connectivity index (χ2n) is 17.3. The van der Waals surface area contributed by atoms with Crippen LogP contribution in [0.25, 0.3) is 0 Å². The Morgan fingerprint density at radius 2 is 0.886 bits per heavy atom. The molecule has 0 aromatic carbocycles. The SMILES string of the molecule is CCCCC(C)(F)C(=O)OCC12CC3CC(CC(C3)C1)C2.CCCCCCC(C)(F)C(=O)OCC12CC3CC(CC(C3)C1)C2. The zero-order valence-electron chi connectivity index (χ0n) is 28.4. The van der Waals surface area contributed by atoms with Crippen LogP contribution in [0.5, 0.6) is 0 Å². The molecule has 8 rings (SSSR count). The van der Waals surface area contributed by atoms with E-state index in [-0.39, 0.29) is 17.3 Å². The Labute approximate surface area is 266 Å². The van der Waals surface area contributed by atoms with Crippen molar-refractivity contribution in [3.63, 3.8) is 0 Å². The molecule has 0 spiro atoms. The van der Waals surface area contributed by atoms with Crippen LogP contribution in [0.15, 0.2) is 0 Å². The minimum atomic E-state index is -1.81. The Balaban J connectivity index is 0.000000175. The van der Waals surface area contributed by atoms with Crippen molar-refractivity contribution in [2.75, 3.05) is 13.2 Å². The minimum absolute atomic E-state index is 0.183. The van der Waals surface area contributed by atoms with Gasteiger partial charge in [0.05, 0.1) is 13.2 Å². The molecule has 0 amide bonds. The van der Waals surface area contributed by atoms with Gasteiger partial charge in [-0.05, 0) is 152 Å². The molecule has 252 valence electrons. The van der Waals surface area contributed by atoms with Crippen molar-refractivity contribution in [2.24, 2.45) is 46.3 Å².